The van der Waals surface area contributed by atoms with Crippen LogP contribution in [0.25, 0.3) is 0 Å². The van der Waals surface area contributed by atoms with E-state index in [1.54, 1.807) is 12.1 Å². The molecule has 0 saturated carbocycles. The molecular weight excluding hydrogens is 468 g/mol. The van der Waals surface area contributed by atoms with E-state index in [1.807, 2.05) is 17.9 Å². The maximum atomic E-state index is 12.9. The van der Waals surface area contributed by atoms with Crippen molar-refractivity contribution in [2.75, 3.05) is 26.3 Å². The van der Waals surface area contributed by atoms with Crippen LogP contribution >= 0.6 is 28.1 Å². The van der Waals surface area contributed by atoms with Gasteiger partial charge in [0.2, 0.25) is 0 Å². The summed E-state index contributed by atoms with van der Waals surface area (Å²) in [6.45, 7) is 6.17. The lowest BCUT2D eigenvalue weighted by Gasteiger charge is -2.32. The summed E-state index contributed by atoms with van der Waals surface area (Å²) >= 11 is 8.86. The van der Waals surface area contributed by atoms with Crippen LogP contribution in [0.2, 0.25) is 0 Å². The van der Waals surface area contributed by atoms with Gasteiger partial charge in [0.05, 0.1) is 24.7 Å². The molecule has 0 aliphatic carbocycles. The zero-order chi connectivity index (χ0) is 21.9. The predicted octanol–water partition coefficient (Wildman–Crippen LogP) is 4.70. The number of hydrogen-bond acceptors (Lipinski definition) is 5. The molecule has 1 N–H and O–H groups in total. The van der Waals surface area contributed by atoms with Crippen LogP contribution < -0.4 is 10.1 Å². The average molecular weight is 499 g/mol. The Bertz CT molecular complexity index is 736. The molecule has 1 amide bonds. The number of likely N-dealkylation sites (tertiary alicyclic amines) is 1. The van der Waals surface area contributed by atoms with E-state index >= 15 is 0 Å². The minimum absolute atomic E-state index is 0.0995. The number of halogens is 1. The standard InChI is InChI=1S/C22H31BrN2O4S/c1-3-5-6-7-14-29-19-9-8-17(23)15-18(19)20(26)24-22(30)25-12-10-16(11-13-25)21(27)28-4-2/h8-9,15-16H,3-7,10-14H2,1-2H3,(H,24,26,30). The highest BCUT2D eigenvalue weighted by molar-refractivity contribution is 9.10. The maximum absolute atomic E-state index is 12.9. The van der Waals surface area contributed by atoms with Gasteiger partial charge >= 0.3 is 5.97 Å². The van der Waals surface area contributed by atoms with Crippen molar-refractivity contribution >= 4 is 45.1 Å². The van der Waals surface area contributed by atoms with Crippen molar-refractivity contribution in [3.63, 3.8) is 0 Å². The van der Waals surface area contributed by atoms with Crippen LogP contribution in [0, 0.1) is 5.92 Å². The minimum atomic E-state index is -0.294. The van der Waals surface area contributed by atoms with E-state index in [1.165, 1.54) is 12.8 Å². The molecule has 0 spiro atoms. The highest BCUT2D eigenvalue weighted by Crippen LogP contribution is 2.24. The van der Waals surface area contributed by atoms with E-state index in [-0.39, 0.29) is 17.8 Å². The van der Waals surface area contributed by atoms with Crippen molar-refractivity contribution in [3.8, 4) is 5.75 Å². The number of ether oxygens (including phenoxy) is 2. The number of piperidine rings is 1. The Morgan fingerprint density at radius 3 is 2.60 bits per heavy atom. The number of unbranched alkanes of at least 4 members (excludes halogenated alkanes) is 3. The molecule has 30 heavy (non-hydrogen) atoms. The van der Waals surface area contributed by atoms with Gasteiger partial charge in [-0.2, -0.15) is 0 Å². The molecule has 0 bridgehead atoms. The van der Waals surface area contributed by atoms with Gasteiger partial charge in [-0.3, -0.25) is 14.9 Å². The molecule has 0 atom stereocenters. The smallest absolute Gasteiger partial charge is 0.309 e. The first-order valence-electron chi connectivity index (χ1n) is 10.7. The van der Waals surface area contributed by atoms with E-state index in [9.17, 15) is 9.59 Å². The van der Waals surface area contributed by atoms with Crippen LogP contribution in [0.3, 0.4) is 0 Å². The molecule has 0 unspecified atom stereocenters. The Balaban J connectivity index is 1.91. The highest BCUT2D eigenvalue weighted by atomic mass is 79.9. The normalized spacial score (nSPS) is 14.3. The second kappa shape index (κ2) is 12.9. The van der Waals surface area contributed by atoms with E-state index in [4.69, 9.17) is 21.7 Å². The van der Waals surface area contributed by atoms with Gasteiger partial charge in [0.25, 0.3) is 5.91 Å². The molecular formula is C22H31BrN2O4S. The number of nitrogens with one attached hydrogen (secondary N) is 1. The Kier molecular flexibility index (Phi) is 10.6. The second-order valence-electron chi connectivity index (χ2n) is 7.32. The summed E-state index contributed by atoms with van der Waals surface area (Å²) in [7, 11) is 0. The summed E-state index contributed by atoms with van der Waals surface area (Å²) in [6, 6.07) is 5.40. The van der Waals surface area contributed by atoms with E-state index in [0.29, 0.717) is 55.6 Å². The molecule has 0 aromatic heterocycles. The Hall–Kier alpha value is -1.67. The first-order chi connectivity index (χ1) is 14.5. The van der Waals surface area contributed by atoms with Gasteiger partial charge in [0.15, 0.2) is 5.11 Å². The number of amides is 1. The molecule has 1 aromatic rings. The van der Waals surface area contributed by atoms with E-state index in [2.05, 4.69) is 28.2 Å². The second-order valence-corrected chi connectivity index (χ2v) is 8.62. The summed E-state index contributed by atoms with van der Waals surface area (Å²) in [4.78, 5) is 26.7. The molecule has 0 radical (unpaired) electrons. The molecule has 1 heterocycles. The number of thiocarbonyl (C=S) groups is 1. The van der Waals surface area contributed by atoms with E-state index < -0.39 is 0 Å². The fourth-order valence-electron chi connectivity index (χ4n) is 3.34. The lowest BCUT2D eigenvalue weighted by molar-refractivity contribution is -0.149. The molecule has 166 valence electrons. The zero-order valence-corrected chi connectivity index (χ0v) is 20.1. The molecule has 1 aromatic carbocycles. The monoisotopic (exact) mass is 498 g/mol. The Labute approximate surface area is 192 Å². The largest absolute Gasteiger partial charge is 0.493 e. The van der Waals surface area contributed by atoms with Gasteiger partial charge in [-0.05, 0) is 56.6 Å². The lowest BCUT2D eigenvalue weighted by Crippen LogP contribution is -2.47. The first-order valence-corrected chi connectivity index (χ1v) is 11.9. The van der Waals surface area contributed by atoms with Gasteiger partial charge < -0.3 is 14.4 Å². The van der Waals surface area contributed by atoms with Gasteiger partial charge in [-0.25, -0.2) is 0 Å². The predicted molar refractivity (Wildman–Crippen MR) is 125 cm³/mol. The average Bonchev–Trinajstić information content (AvgIpc) is 2.74. The summed E-state index contributed by atoms with van der Waals surface area (Å²) in [5.41, 5.74) is 0.448. The summed E-state index contributed by atoms with van der Waals surface area (Å²) in [5, 5.41) is 3.19. The number of carbonyl (C=O) groups is 2. The third-order valence-corrected chi connectivity index (χ3v) is 5.92. The van der Waals surface area contributed by atoms with Crippen molar-refractivity contribution in [3.05, 3.63) is 28.2 Å². The number of hydrogen-bond donors (Lipinski definition) is 1. The fraction of sp³-hybridized carbons (Fsp3) is 0.591. The third-order valence-electron chi connectivity index (χ3n) is 5.06. The highest BCUT2D eigenvalue weighted by Gasteiger charge is 2.28. The topological polar surface area (TPSA) is 67.9 Å². The van der Waals surface area contributed by atoms with Crippen LogP contribution in [0.5, 0.6) is 5.75 Å². The van der Waals surface area contributed by atoms with Crippen LogP contribution in [0.1, 0.15) is 62.7 Å². The lowest BCUT2D eigenvalue weighted by atomic mass is 9.97. The Morgan fingerprint density at radius 1 is 1.20 bits per heavy atom. The quantitative estimate of drug-likeness (QED) is 0.302. The molecule has 1 aliphatic rings. The van der Waals surface area contributed by atoms with Crippen molar-refractivity contribution in [2.24, 2.45) is 5.92 Å². The van der Waals surface area contributed by atoms with E-state index in [0.717, 1.165) is 17.3 Å². The van der Waals surface area contributed by atoms with Crippen molar-refractivity contribution in [1.82, 2.24) is 10.2 Å². The molecule has 1 aliphatic heterocycles. The number of rotatable bonds is 9. The van der Waals surface area contributed by atoms with Gasteiger partial charge in [0.1, 0.15) is 5.75 Å². The number of nitrogens with zero attached hydrogens (tertiary/aromatic N) is 1. The summed E-state index contributed by atoms with van der Waals surface area (Å²) in [6.07, 6.45) is 5.74. The van der Waals surface area contributed by atoms with Gasteiger partial charge in [-0.15, -0.1) is 0 Å². The van der Waals surface area contributed by atoms with Crippen molar-refractivity contribution in [2.45, 2.75) is 52.4 Å². The first kappa shape index (κ1) is 24.6. The van der Waals surface area contributed by atoms with Crippen molar-refractivity contribution < 1.29 is 19.1 Å². The molecule has 6 nitrogen and oxygen atoms in total. The maximum Gasteiger partial charge on any atom is 0.309 e. The van der Waals surface area contributed by atoms with Crippen LogP contribution in [0.4, 0.5) is 0 Å². The summed E-state index contributed by atoms with van der Waals surface area (Å²) < 4.78 is 11.8. The van der Waals surface area contributed by atoms with Crippen LogP contribution in [0.15, 0.2) is 22.7 Å². The van der Waals surface area contributed by atoms with Crippen molar-refractivity contribution in [1.29, 1.82) is 0 Å². The van der Waals surface area contributed by atoms with Gasteiger partial charge in [-0.1, -0.05) is 42.1 Å². The third kappa shape index (κ3) is 7.54. The number of carbonyl (C=O) groups excluding carboxylic acids is 2. The minimum Gasteiger partial charge on any atom is -0.493 e. The van der Waals surface area contributed by atoms with Gasteiger partial charge in [0, 0.05) is 17.6 Å². The molecule has 8 heteroatoms. The molecule has 1 saturated heterocycles. The summed E-state index contributed by atoms with van der Waals surface area (Å²) in [5.74, 6) is 0.00727. The van der Waals surface area contributed by atoms with Crippen LogP contribution in [-0.4, -0.2) is 48.2 Å². The SMILES string of the molecule is CCCCCCOc1ccc(Br)cc1C(=O)NC(=S)N1CCC(C(=O)OCC)CC1. The molecule has 2 rings (SSSR count). The number of benzene rings is 1. The number of esters is 1. The zero-order valence-electron chi connectivity index (χ0n) is 17.7. The Morgan fingerprint density at radius 2 is 1.93 bits per heavy atom. The van der Waals surface area contributed by atoms with Crippen LogP contribution in [-0.2, 0) is 9.53 Å². The fourth-order valence-corrected chi connectivity index (χ4v) is 3.97. The molecule has 1 fully saturated rings.